The van der Waals surface area contributed by atoms with Crippen LogP contribution in [0.1, 0.15) is 35.2 Å². The van der Waals surface area contributed by atoms with Crippen LogP contribution in [0, 0.1) is 0 Å². The van der Waals surface area contributed by atoms with Crippen molar-refractivity contribution in [2.75, 3.05) is 13.7 Å². The Morgan fingerprint density at radius 1 is 0.978 bits per heavy atom. The molecule has 1 aromatic heterocycles. The summed E-state index contributed by atoms with van der Waals surface area (Å²) in [6.07, 6.45) is 1.83. The zero-order valence-electron chi connectivity index (χ0n) is 24.6. The van der Waals surface area contributed by atoms with Gasteiger partial charge in [0.15, 0.2) is 4.80 Å². The van der Waals surface area contributed by atoms with Crippen molar-refractivity contribution in [3.63, 3.8) is 0 Å². The lowest BCUT2D eigenvalue weighted by atomic mass is 9.93. The Balaban J connectivity index is 1.47. The number of carbonyl (C=O) groups excluding carboxylic acids is 1. The summed E-state index contributed by atoms with van der Waals surface area (Å²) in [6, 6.07) is 31.7. The van der Waals surface area contributed by atoms with Gasteiger partial charge in [-0.15, -0.1) is 0 Å². The second-order valence-corrected chi connectivity index (χ2v) is 12.0. The van der Waals surface area contributed by atoms with Crippen LogP contribution >= 0.6 is 27.3 Å². The minimum absolute atomic E-state index is 0.185. The average Bonchev–Trinajstić information content (AvgIpc) is 3.38. The maximum atomic E-state index is 14.2. The fourth-order valence-corrected chi connectivity index (χ4v) is 6.66. The van der Waals surface area contributed by atoms with Gasteiger partial charge in [0.05, 0.1) is 40.0 Å². The van der Waals surface area contributed by atoms with Gasteiger partial charge in [0, 0.05) is 5.56 Å². The molecular weight excluding hydrogens is 652 g/mol. The number of hydrogen-bond donors (Lipinski definition) is 0. The highest BCUT2D eigenvalue weighted by atomic mass is 79.9. The SMILES string of the molecule is CCOC(=O)C1=C(c2ccccc2)N=c2s/c(=C\c3ccc(OCc4ccccc4)c(Br)c3)c(=O)n2[C@H]1c1ccc(OC)cc1. The molecule has 226 valence electrons. The van der Waals surface area contributed by atoms with Gasteiger partial charge in [0.1, 0.15) is 18.1 Å². The normalized spacial score (nSPS) is 14.5. The molecule has 6 rings (SSSR count). The highest BCUT2D eigenvalue weighted by molar-refractivity contribution is 9.10. The molecule has 0 bridgehead atoms. The van der Waals surface area contributed by atoms with Gasteiger partial charge in [0.25, 0.3) is 5.56 Å². The Labute approximate surface area is 272 Å². The summed E-state index contributed by atoms with van der Waals surface area (Å²) in [6.45, 7) is 2.38. The average molecular weight is 682 g/mol. The van der Waals surface area contributed by atoms with E-state index in [1.54, 1.807) is 18.6 Å². The van der Waals surface area contributed by atoms with Gasteiger partial charge >= 0.3 is 5.97 Å². The van der Waals surface area contributed by atoms with Crippen molar-refractivity contribution >= 4 is 45.0 Å². The molecule has 0 spiro atoms. The number of thiazole rings is 1. The molecule has 7 nitrogen and oxygen atoms in total. The lowest BCUT2D eigenvalue weighted by molar-refractivity contribution is -0.138. The van der Waals surface area contributed by atoms with Gasteiger partial charge in [-0.05, 0) is 69.9 Å². The summed E-state index contributed by atoms with van der Waals surface area (Å²) in [5, 5.41) is 0. The largest absolute Gasteiger partial charge is 0.497 e. The summed E-state index contributed by atoms with van der Waals surface area (Å²) in [4.78, 5) is 33.2. The highest BCUT2D eigenvalue weighted by Gasteiger charge is 2.35. The molecule has 0 amide bonds. The van der Waals surface area contributed by atoms with Crippen molar-refractivity contribution in [2.24, 2.45) is 4.99 Å². The van der Waals surface area contributed by atoms with E-state index >= 15 is 0 Å². The molecule has 1 atom stereocenters. The van der Waals surface area contributed by atoms with Crippen LogP contribution in [0.15, 0.2) is 123 Å². The Morgan fingerprint density at radius 2 is 1.69 bits per heavy atom. The standard InChI is InChI=1S/C36H29BrN2O5S/c1-3-43-35(41)31-32(25-12-8-5-9-13-25)38-36-39(33(31)26-15-17-27(42-2)18-16-26)34(40)30(45-36)21-24-14-19-29(28(37)20-24)44-22-23-10-6-4-7-11-23/h4-21,33H,3,22H2,1-2H3/b30-21-/t33-/m0/s1. The number of carbonyl (C=O) groups is 1. The van der Waals surface area contributed by atoms with Gasteiger partial charge < -0.3 is 14.2 Å². The maximum Gasteiger partial charge on any atom is 0.338 e. The third-order valence-electron chi connectivity index (χ3n) is 7.30. The molecule has 45 heavy (non-hydrogen) atoms. The first-order valence-electron chi connectivity index (χ1n) is 14.4. The summed E-state index contributed by atoms with van der Waals surface area (Å²) in [7, 11) is 1.59. The van der Waals surface area contributed by atoms with Gasteiger partial charge in [-0.25, -0.2) is 9.79 Å². The van der Waals surface area contributed by atoms with Crippen LogP contribution in [-0.2, 0) is 16.1 Å². The number of rotatable bonds is 9. The molecule has 9 heteroatoms. The van der Waals surface area contributed by atoms with E-state index in [1.165, 1.54) is 11.3 Å². The molecule has 1 aliphatic rings. The summed E-state index contributed by atoms with van der Waals surface area (Å²) < 4.78 is 19.8. The first-order valence-corrected chi connectivity index (χ1v) is 16.0. The predicted molar refractivity (Wildman–Crippen MR) is 179 cm³/mol. The zero-order valence-corrected chi connectivity index (χ0v) is 27.0. The van der Waals surface area contributed by atoms with Crippen LogP contribution in [0.5, 0.6) is 11.5 Å². The second-order valence-electron chi connectivity index (χ2n) is 10.2. The van der Waals surface area contributed by atoms with Crippen LogP contribution in [0.3, 0.4) is 0 Å². The Bertz CT molecular complexity index is 2050. The minimum atomic E-state index is -0.760. The van der Waals surface area contributed by atoms with E-state index in [0.29, 0.717) is 38.7 Å². The molecule has 0 N–H and O–H groups in total. The van der Waals surface area contributed by atoms with Gasteiger partial charge in [-0.1, -0.05) is 90.2 Å². The van der Waals surface area contributed by atoms with E-state index in [1.807, 2.05) is 109 Å². The van der Waals surface area contributed by atoms with E-state index in [0.717, 1.165) is 26.7 Å². The lowest BCUT2D eigenvalue weighted by Crippen LogP contribution is -2.40. The quantitative estimate of drug-likeness (QED) is 0.171. The molecule has 1 aliphatic heterocycles. The van der Waals surface area contributed by atoms with Crippen molar-refractivity contribution in [1.29, 1.82) is 0 Å². The number of benzene rings is 4. The molecule has 4 aromatic carbocycles. The fourth-order valence-electron chi connectivity index (χ4n) is 5.15. The molecule has 0 unspecified atom stereocenters. The number of esters is 1. The van der Waals surface area contributed by atoms with Gasteiger partial charge in [-0.3, -0.25) is 9.36 Å². The lowest BCUT2D eigenvalue weighted by Gasteiger charge is -2.26. The molecule has 2 heterocycles. The van der Waals surface area contributed by atoms with Crippen LogP contribution < -0.4 is 24.4 Å². The van der Waals surface area contributed by atoms with E-state index in [-0.39, 0.29) is 12.2 Å². The van der Waals surface area contributed by atoms with Crippen LogP contribution in [0.2, 0.25) is 0 Å². The molecule has 0 aliphatic carbocycles. The smallest absolute Gasteiger partial charge is 0.338 e. The van der Waals surface area contributed by atoms with Crippen molar-refractivity contribution in [1.82, 2.24) is 4.57 Å². The second kappa shape index (κ2) is 13.5. The Hall–Kier alpha value is -4.73. The number of ether oxygens (including phenoxy) is 3. The van der Waals surface area contributed by atoms with E-state index < -0.39 is 12.0 Å². The van der Waals surface area contributed by atoms with Crippen LogP contribution in [0.25, 0.3) is 11.8 Å². The first-order chi connectivity index (χ1) is 22.0. The van der Waals surface area contributed by atoms with Crippen LogP contribution in [-0.4, -0.2) is 24.3 Å². The maximum absolute atomic E-state index is 14.2. The van der Waals surface area contributed by atoms with Gasteiger partial charge in [0.2, 0.25) is 0 Å². The fraction of sp³-hybridized carbons (Fsp3) is 0.139. The highest BCUT2D eigenvalue weighted by Crippen LogP contribution is 2.36. The number of nitrogens with zero attached hydrogens (tertiary/aromatic N) is 2. The third kappa shape index (κ3) is 6.41. The van der Waals surface area contributed by atoms with Crippen molar-refractivity contribution in [3.8, 4) is 11.5 Å². The van der Waals surface area contributed by atoms with Crippen molar-refractivity contribution in [2.45, 2.75) is 19.6 Å². The molecule has 0 saturated carbocycles. The number of halogens is 1. The number of fused-ring (bicyclic) bond motifs is 1. The molecule has 0 saturated heterocycles. The molecule has 5 aromatic rings. The van der Waals surface area contributed by atoms with Crippen molar-refractivity contribution in [3.05, 3.63) is 155 Å². The van der Waals surface area contributed by atoms with Gasteiger partial charge in [-0.2, -0.15) is 0 Å². The monoisotopic (exact) mass is 680 g/mol. The molecule has 0 fully saturated rings. The molecule has 0 radical (unpaired) electrons. The van der Waals surface area contributed by atoms with Crippen LogP contribution in [0.4, 0.5) is 0 Å². The Morgan fingerprint density at radius 3 is 2.36 bits per heavy atom. The van der Waals surface area contributed by atoms with E-state index in [9.17, 15) is 9.59 Å². The third-order valence-corrected chi connectivity index (χ3v) is 8.90. The minimum Gasteiger partial charge on any atom is -0.497 e. The zero-order chi connectivity index (χ0) is 31.3. The van der Waals surface area contributed by atoms with E-state index in [4.69, 9.17) is 19.2 Å². The Kier molecular flexibility index (Phi) is 9.09. The summed E-state index contributed by atoms with van der Waals surface area (Å²) >= 11 is 4.90. The first kappa shape index (κ1) is 30.3. The predicted octanol–water partition coefficient (Wildman–Crippen LogP) is 6.29. The topological polar surface area (TPSA) is 79.1 Å². The number of methoxy groups -OCH3 is 1. The number of aromatic nitrogens is 1. The van der Waals surface area contributed by atoms with E-state index in [2.05, 4.69) is 15.9 Å². The summed E-state index contributed by atoms with van der Waals surface area (Å²) in [5.41, 5.74) is 3.89. The molecular formula is C36H29BrN2O5S. The summed E-state index contributed by atoms with van der Waals surface area (Å²) in [5.74, 6) is 0.839. The van der Waals surface area contributed by atoms with Crippen molar-refractivity contribution < 1.29 is 19.0 Å². The number of hydrogen-bond acceptors (Lipinski definition) is 7.